The van der Waals surface area contributed by atoms with E-state index in [0.717, 1.165) is 12.2 Å². The van der Waals surface area contributed by atoms with Gasteiger partial charge in [0, 0.05) is 0 Å². The minimum absolute atomic E-state index is 0.257. The van der Waals surface area contributed by atoms with E-state index in [1.807, 2.05) is 0 Å². The van der Waals surface area contributed by atoms with Gasteiger partial charge >= 0.3 is 0 Å². The van der Waals surface area contributed by atoms with Crippen molar-refractivity contribution in [1.29, 1.82) is 0 Å². The van der Waals surface area contributed by atoms with Gasteiger partial charge in [-0.2, -0.15) is 0 Å². The van der Waals surface area contributed by atoms with Crippen LogP contribution in [0.15, 0.2) is 11.6 Å². The Morgan fingerprint density at radius 1 is 1.44 bits per heavy atom. The molecule has 0 aliphatic rings. The highest BCUT2D eigenvalue weighted by atomic mass is 32.1. The number of rotatable bonds is 5. The zero-order valence-electron chi connectivity index (χ0n) is 10.7. The molecule has 90 valence electrons. The van der Waals surface area contributed by atoms with Gasteiger partial charge in [-0.15, -0.1) is 5.10 Å². The van der Waals surface area contributed by atoms with Crippen LogP contribution in [-0.4, -0.2) is 16.1 Å². The molecule has 1 aromatic rings. The molecule has 4 heteroatoms. The van der Waals surface area contributed by atoms with Gasteiger partial charge < -0.3 is 5.32 Å². The Kier molecular flexibility index (Phi) is 5.09. The highest BCUT2D eigenvalue weighted by Crippen LogP contribution is 2.27. The molecule has 1 N–H and O–H groups in total. The second-order valence-corrected chi connectivity index (χ2v) is 5.24. The van der Waals surface area contributed by atoms with Gasteiger partial charge in [-0.1, -0.05) is 36.9 Å². The van der Waals surface area contributed by atoms with Gasteiger partial charge in [0.1, 0.15) is 0 Å². The van der Waals surface area contributed by atoms with E-state index in [4.69, 9.17) is 0 Å². The zero-order chi connectivity index (χ0) is 12.1. The Balaban J connectivity index is 3.01. The second-order valence-electron chi connectivity index (χ2n) is 4.46. The maximum Gasteiger partial charge on any atom is 0.0832 e. The third-order valence-electron chi connectivity index (χ3n) is 2.29. The van der Waals surface area contributed by atoms with Gasteiger partial charge in [-0.05, 0) is 37.8 Å². The molecule has 0 bridgehead atoms. The lowest BCUT2D eigenvalue weighted by Crippen LogP contribution is -2.19. The van der Waals surface area contributed by atoms with E-state index in [9.17, 15) is 0 Å². The number of aromatic nitrogens is 2. The summed E-state index contributed by atoms with van der Waals surface area (Å²) in [6.07, 6.45) is 2.24. The normalized spacial score (nSPS) is 12.9. The molecule has 3 nitrogen and oxygen atoms in total. The van der Waals surface area contributed by atoms with Crippen LogP contribution in [-0.2, 0) is 0 Å². The molecule has 1 aromatic heterocycles. The first kappa shape index (κ1) is 13.3. The van der Waals surface area contributed by atoms with Crippen molar-refractivity contribution < 1.29 is 0 Å². The first-order valence-electron chi connectivity index (χ1n) is 5.76. The van der Waals surface area contributed by atoms with Crippen molar-refractivity contribution in [3.63, 3.8) is 0 Å². The average Bonchev–Trinajstić information content (AvgIpc) is 2.64. The van der Waals surface area contributed by atoms with Gasteiger partial charge in [0.15, 0.2) is 0 Å². The SMILES string of the molecule is CCNC(C=C(C)C)c1snnc1C(C)C. The van der Waals surface area contributed by atoms with Gasteiger partial charge in [-0.25, -0.2) is 0 Å². The molecule has 0 saturated heterocycles. The number of allylic oxidation sites excluding steroid dienone is 1. The van der Waals surface area contributed by atoms with Crippen molar-refractivity contribution in [2.75, 3.05) is 6.54 Å². The molecular formula is C12H21N3S. The van der Waals surface area contributed by atoms with Crippen LogP contribution in [0.1, 0.15) is 57.1 Å². The molecule has 0 fully saturated rings. The maximum atomic E-state index is 4.23. The summed E-state index contributed by atoms with van der Waals surface area (Å²) in [7, 11) is 0. The van der Waals surface area contributed by atoms with E-state index >= 15 is 0 Å². The lowest BCUT2D eigenvalue weighted by Gasteiger charge is -2.14. The Labute approximate surface area is 102 Å². The summed E-state index contributed by atoms with van der Waals surface area (Å²) in [5, 5.41) is 7.69. The third kappa shape index (κ3) is 3.39. The van der Waals surface area contributed by atoms with Crippen molar-refractivity contribution in [1.82, 2.24) is 14.9 Å². The van der Waals surface area contributed by atoms with Crippen LogP contribution < -0.4 is 5.32 Å². The van der Waals surface area contributed by atoms with E-state index in [1.54, 1.807) is 0 Å². The lowest BCUT2D eigenvalue weighted by atomic mass is 10.0. The summed E-state index contributed by atoms with van der Waals surface area (Å²) >= 11 is 1.50. The maximum absolute atomic E-state index is 4.23. The molecule has 0 amide bonds. The minimum atomic E-state index is 0.257. The van der Waals surface area contributed by atoms with E-state index in [0.29, 0.717) is 5.92 Å². The summed E-state index contributed by atoms with van der Waals surface area (Å²) < 4.78 is 4.08. The zero-order valence-corrected chi connectivity index (χ0v) is 11.6. The van der Waals surface area contributed by atoms with Crippen molar-refractivity contribution in [2.24, 2.45) is 0 Å². The highest BCUT2D eigenvalue weighted by molar-refractivity contribution is 7.05. The standard InChI is InChI=1S/C12H21N3S/c1-6-13-10(7-8(2)3)12-11(9(4)5)14-15-16-12/h7,9-10,13H,6H2,1-5H3. The molecule has 0 saturated carbocycles. The van der Waals surface area contributed by atoms with Crippen LogP contribution in [0.4, 0.5) is 0 Å². The molecule has 0 spiro atoms. The van der Waals surface area contributed by atoms with Crippen LogP contribution in [0.2, 0.25) is 0 Å². The van der Waals surface area contributed by atoms with E-state index in [-0.39, 0.29) is 6.04 Å². The fraction of sp³-hybridized carbons (Fsp3) is 0.667. The van der Waals surface area contributed by atoms with Gasteiger partial charge in [0.25, 0.3) is 0 Å². The number of hydrogen-bond donors (Lipinski definition) is 1. The highest BCUT2D eigenvalue weighted by Gasteiger charge is 2.18. The molecule has 1 rings (SSSR count). The Morgan fingerprint density at radius 3 is 2.62 bits per heavy atom. The summed E-state index contributed by atoms with van der Waals surface area (Å²) in [6, 6.07) is 0.257. The predicted octanol–water partition coefficient (Wildman–Crippen LogP) is 3.28. The molecule has 0 aromatic carbocycles. The number of hydrogen-bond acceptors (Lipinski definition) is 4. The molecule has 16 heavy (non-hydrogen) atoms. The fourth-order valence-corrected chi connectivity index (χ4v) is 2.45. The molecular weight excluding hydrogens is 218 g/mol. The fourth-order valence-electron chi connectivity index (χ4n) is 1.60. The Morgan fingerprint density at radius 2 is 2.12 bits per heavy atom. The third-order valence-corrected chi connectivity index (χ3v) is 3.12. The number of likely N-dealkylation sites (N-methyl/N-ethyl adjacent to an activating group) is 1. The van der Waals surface area contributed by atoms with Crippen LogP contribution in [0.3, 0.4) is 0 Å². The van der Waals surface area contributed by atoms with E-state index < -0.39 is 0 Å². The van der Waals surface area contributed by atoms with Crippen molar-refractivity contribution >= 4 is 11.5 Å². The van der Waals surface area contributed by atoms with Crippen LogP contribution >= 0.6 is 11.5 Å². The van der Waals surface area contributed by atoms with Gasteiger partial charge in [0.2, 0.25) is 0 Å². The van der Waals surface area contributed by atoms with Gasteiger partial charge in [-0.3, -0.25) is 0 Å². The predicted molar refractivity (Wildman–Crippen MR) is 69.8 cm³/mol. The summed E-state index contributed by atoms with van der Waals surface area (Å²) in [6.45, 7) is 11.6. The van der Waals surface area contributed by atoms with E-state index in [1.165, 1.54) is 22.0 Å². The number of nitrogens with zero attached hydrogens (tertiary/aromatic N) is 2. The van der Waals surface area contributed by atoms with Crippen LogP contribution in [0.25, 0.3) is 0 Å². The topological polar surface area (TPSA) is 37.8 Å². The first-order valence-corrected chi connectivity index (χ1v) is 6.54. The van der Waals surface area contributed by atoms with Gasteiger partial charge in [0.05, 0.1) is 16.6 Å². The average molecular weight is 239 g/mol. The van der Waals surface area contributed by atoms with Crippen LogP contribution in [0, 0.1) is 0 Å². The quantitative estimate of drug-likeness (QED) is 0.801. The van der Waals surface area contributed by atoms with Crippen molar-refractivity contribution in [2.45, 2.75) is 46.6 Å². The Hall–Kier alpha value is -0.740. The van der Waals surface area contributed by atoms with Crippen molar-refractivity contribution in [3.8, 4) is 0 Å². The molecule has 1 unspecified atom stereocenters. The molecule has 0 aliphatic carbocycles. The molecule has 0 radical (unpaired) electrons. The summed E-state index contributed by atoms with van der Waals surface area (Å²) in [5.41, 5.74) is 2.43. The van der Waals surface area contributed by atoms with Crippen LogP contribution in [0.5, 0.6) is 0 Å². The molecule has 0 aliphatic heterocycles. The molecule has 1 heterocycles. The number of nitrogens with one attached hydrogen (secondary N) is 1. The monoisotopic (exact) mass is 239 g/mol. The summed E-state index contributed by atoms with van der Waals surface area (Å²) in [5.74, 6) is 0.431. The van der Waals surface area contributed by atoms with E-state index in [2.05, 4.69) is 55.6 Å². The first-order chi connectivity index (χ1) is 7.56. The largest absolute Gasteiger partial charge is 0.306 e. The van der Waals surface area contributed by atoms with Crippen molar-refractivity contribution in [3.05, 3.63) is 22.2 Å². The Bertz CT molecular complexity index is 351. The molecule has 1 atom stereocenters. The lowest BCUT2D eigenvalue weighted by molar-refractivity contribution is 0.639. The summed E-state index contributed by atoms with van der Waals surface area (Å²) in [4.78, 5) is 1.25. The smallest absolute Gasteiger partial charge is 0.0832 e. The second kappa shape index (κ2) is 6.11. The minimum Gasteiger partial charge on any atom is -0.306 e.